The summed E-state index contributed by atoms with van der Waals surface area (Å²) in [6.07, 6.45) is 19.2. The van der Waals surface area contributed by atoms with Crippen LogP contribution in [0.4, 0.5) is 17.1 Å². The first-order chi connectivity index (χ1) is 38.9. The van der Waals surface area contributed by atoms with E-state index in [4.69, 9.17) is 0 Å². The summed E-state index contributed by atoms with van der Waals surface area (Å²) in [5, 5.41) is 42.6. The van der Waals surface area contributed by atoms with Gasteiger partial charge >= 0.3 is 0 Å². The molecule has 8 aromatic rings. The molecule has 1 saturated carbocycles. The van der Waals surface area contributed by atoms with Crippen LogP contribution in [0.15, 0.2) is 114 Å². The van der Waals surface area contributed by atoms with Crippen LogP contribution < -0.4 is 10.0 Å². The van der Waals surface area contributed by atoms with E-state index in [2.05, 4.69) is 136 Å². The van der Waals surface area contributed by atoms with Crippen LogP contribution >= 0.6 is 45.3 Å². The average molecular weight is 1140 g/mol. The number of benzene rings is 4. The number of Topliss-reactive ketones (excluding diaryl/α,β-unsaturated/α-hetero) is 1. The van der Waals surface area contributed by atoms with E-state index in [1.54, 1.807) is 12.1 Å². The van der Waals surface area contributed by atoms with E-state index in [9.17, 15) is 20.1 Å². The zero-order valence-electron chi connectivity index (χ0n) is 47.7. The van der Waals surface area contributed by atoms with Crippen molar-refractivity contribution in [2.75, 3.05) is 11.4 Å². The lowest BCUT2D eigenvalue weighted by Gasteiger charge is -2.32. The van der Waals surface area contributed by atoms with Crippen LogP contribution in [0.2, 0.25) is 0 Å². The maximum Gasteiger partial charge on any atom is 0.209 e. The standard InChI is InChI=1S/C70H76N2O4S4/c1-8-13-19-41(11-4)34-45-26-29-58(78-45)62-49-31-33-77-68(49)63(59-30-27-46(79-59)35-42(12-5)20-14-9-2)50-39-60(80-69(50)62)43-25-28-55-52(36-43)70(6,7)61(71(55)32-15-10-3)40-51-66(75)65(67(51)76)64-56(73)37-44(38-57(64)74)72-53-23-17-16-21-47(53)48-22-18-24-54(48)72/h16-17,21,23,25-31,33,36-42,48,54H,8-15,18-20,22,24,32,34-35H2,1-7H3,(H2,73,74,75,76). The Morgan fingerprint density at radius 1 is 0.725 bits per heavy atom. The number of phenols is 2. The third-order valence-electron chi connectivity index (χ3n) is 18.4. The summed E-state index contributed by atoms with van der Waals surface area (Å²) >= 11 is 7.76. The molecule has 6 heterocycles. The van der Waals surface area contributed by atoms with Gasteiger partial charge in [-0.15, -0.1) is 45.3 Å². The van der Waals surface area contributed by atoms with Gasteiger partial charge in [0, 0.05) is 126 Å². The first kappa shape index (κ1) is 54.8. The van der Waals surface area contributed by atoms with Crippen LogP contribution in [0, 0.1) is 11.8 Å². The SMILES string of the molecule is CCCCC(CC)Cc1ccc(-c2c3cc(-c4ccc5c(c4)C(C)(C)C(C=C4C(=O)C(c6c(O)cc(N7c8ccccc8C8CCCC87)cc6O)=C4[O-])=[N+]5CCCC)sc3c(-c3ccc(CC(CC)CCCC)s3)c3ccsc23)s1. The van der Waals surface area contributed by atoms with Gasteiger partial charge in [-0.25, -0.2) is 0 Å². The topological polar surface area (TPSA) is 86.8 Å². The number of nitrogens with zero attached hydrogens (tertiary/aromatic N) is 2. The van der Waals surface area contributed by atoms with Crippen LogP contribution in [0.3, 0.4) is 0 Å². The van der Waals surface area contributed by atoms with Gasteiger partial charge in [0.2, 0.25) is 5.69 Å². The van der Waals surface area contributed by atoms with Crippen LogP contribution in [-0.4, -0.2) is 38.9 Å². The number of anilines is 2. The predicted molar refractivity (Wildman–Crippen MR) is 340 cm³/mol. The Balaban J connectivity index is 0.916. The van der Waals surface area contributed by atoms with E-state index in [1.807, 2.05) is 57.5 Å². The first-order valence-electron chi connectivity index (χ1n) is 29.9. The summed E-state index contributed by atoms with van der Waals surface area (Å²) in [7, 11) is 0. The maximum absolute atomic E-state index is 14.4. The molecule has 4 aliphatic rings. The van der Waals surface area contributed by atoms with Gasteiger partial charge in [-0.1, -0.05) is 123 Å². The van der Waals surface area contributed by atoms with Gasteiger partial charge in [-0.2, -0.15) is 4.58 Å². The van der Waals surface area contributed by atoms with Crippen LogP contribution in [0.25, 0.3) is 57.1 Å². The quantitative estimate of drug-likeness (QED) is 0.0553. The number of thiophene rings is 4. The number of hydrogen-bond acceptors (Lipinski definition) is 9. The van der Waals surface area contributed by atoms with E-state index in [0.29, 0.717) is 23.4 Å². The molecule has 0 bridgehead atoms. The molecule has 0 spiro atoms. The molecule has 0 saturated heterocycles. The average Bonchev–Trinajstić information content (AvgIpc) is 4.53. The molecule has 0 radical (unpaired) electrons. The van der Waals surface area contributed by atoms with Gasteiger partial charge < -0.3 is 20.2 Å². The zero-order valence-corrected chi connectivity index (χ0v) is 50.9. The molecule has 4 atom stereocenters. The Hall–Kier alpha value is -5.78. The fraction of sp³-hybridized carbons (Fsp3) is 0.400. The van der Waals surface area contributed by atoms with Crippen molar-refractivity contribution in [3.63, 3.8) is 0 Å². The Labute approximate surface area is 489 Å². The molecule has 0 amide bonds. The van der Waals surface area contributed by atoms with E-state index in [-0.39, 0.29) is 34.3 Å². The molecule has 6 nitrogen and oxygen atoms in total. The lowest BCUT2D eigenvalue weighted by molar-refractivity contribution is -0.438. The number of rotatable bonds is 21. The minimum absolute atomic E-state index is 0.0816. The zero-order chi connectivity index (χ0) is 55.6. The molecule has 414 valence electrons. The van der Waals surface area contributed by atoms with Gasteiger partial charge in [-0.3, -0.25) is 4.79 Å². The van der Waals surface area contributed by atoms with Crippen molar-refractivity contribution in [3.05, 3.63) is 140 Å². The van der Waals surface area contributed by atoms with Gasteiger partial charge in [0.1, 0.15) is 18.0 Å². The third-order valence-corrected chi connectivity index (χ3v) is 22.8. The summed E-state index contributed by atoms with van der Waals surface area (Å²) in [5.41, 5.74) is 9.32. The highest BCUT2D eigenvalue weighted by atomic mass is 32.1. The van der Waals surface area contributed by atoms with Crippen molar-refractivity contribution >= 4 is 99.6 Å². The Kier molecular flexibility index (Phi) is 15.4. The normalized spacial score (nSPS) is 18.8. The number of aromatic hydroxyl groups is 2. The molecule has 4 aromatic heterocycles. The Morgan fingerprint density at radius 2 is 1.39 bits per heavy atom. The number of carbonyl (C=O) groups excluding carboxylic acids is 1. The highest BCUT2D eigenvalue weighted by Crippen LogP contribution is 2.56. The molecular weight excluding hydrogens is 1060 g/mol. The largest absolute Gasteiger partial charge is 0.871 e. The Bertz CT molecular complexity index is 3650. The molecule has 2 aliphatic carbocycles. The van der Waals surface area contributed by atoms with E-state index in [1.165, 1.54) is 113 Å². The predicted octanol–water partition coefficient (Wildman–Crippen LogP) is 19.4. The number of ketones is 1. The van der Waals surface area contributed by atoms with Gasteiger partial charge in [0.05, 0.1) is 11.0 Å². The highest BCUT2D eigenvalue weighted by molar-refractivity contribution is 7.25. The second-order valence-corrected chi connectivity index (χ2v) is 28.1. The summed E-state index contributed by atoms with van der Waals surface area (Å²) < 4.78 is 5.01. The lowest BCUT2D eigenvalue weighted by Crippen LogP contribution is -2.34. The second-order valence-electron chi connectivity index (χ2n) is 23.8. The summed E-state index contributed by atoms with van der Waals surface area (Å²) in [5.74, 6) is 0.353. The smallest absolute Gasteiger partial charge is 0.209 e. The highest BCUT2D eigenvalue weighted by Gasteiger charge is 2.47. The number of phenolic OH excluding ortho intramolecular Hbond substituents is 2. The Morgan fingerprint density at radius 3 is 2.04 bits per heavy atom. The molecule has 2 N–H and O–H groups in total. The number of unbranched alkanes of at least 4 members (excludes halogenated alkanes) is 3. The van der Waals surface area contributed by atoms with Crippen LogP contribution in [-0.2, 0) is 23.1 Å². The molecule has 80 heavy (non-hydrogen) atoms. The molecule has 4 unspecified atom stereocenters. The molecule has 10 heteroatoms. The van der Waals surface area contributed by atoms with E-state index in [0.717, 1.165) is 79.7 Å². The molecule has 2 aliphatic heterocycles. The number of fused-ring (bicyclic) bond motifs is 6. The van der Waals surface area contributed by atoms with Crippen LogP contribution in [0.1, 0.15) is 164 Å². The maximum atomic E-state index is 14.4. The fourth-order valence-corrected chi connectivity index (χ4v) is 18.6. The van der Waals surface area contributed by atoms with Crippen molar-refractivity contribution in [2.24, 2.45) is 11.8 Å². The number of para-hydroxylation sites is 1. The second kappa shape index (κ2) is 22.5. The van der Waals surface area contributed by atoms with Gasteiger partial charge in [0.15, 0.2) is 11.5 Å². The number of allylic oxidation sites excluding steroid dienone is 3. The van der Waals surface area contributed by atoms with E-state index >= 15 is 0 Å². The fourth-order valence-electron chi connectivity index (χ4n) is 13.9. The van der Waals surface area contributed by atoms with Crippen molar-refractivity contribution in [1.82, 2.24) is 0 Å². The molecule has 4 aromatic carbocycles. The molecular formula is C70H76N2O4S4. The minimum atomic E-state index is -0.560. The molecule has 12 rings (SSSR count). The van der Waals surface area contributed by atoms with Gasteiger partial charge in [0.25, 0.3) is 0 Å². The number of carbonyl (C=O) groups is 1. The van der Waals surface area contributed by atoms with Crippen LogP contribution in [0.5, 0.6) is 11.5 Å². The van der Waals surface area contributed by atoms with Crippen molar-refractivity contribution < 1.29 is 24.7 Å². The third kappa shape index (κ3) is 9.51. The number of hydrogen-bond donors (Lipinski definition) is 2. The molecule has 1 fully saturated rings. The lowest BCUT2D eigenvalue weighted by atomic mass is 9.77. The van der Waals surface area contributed by atoms with Crippen molar-refractivity contribution in [2.45, 2.75) is 162 Å². The summed E-state index contributed by atoms with van der Waals surface area (Å²) in [6.45, 7) is 16.7. The monoisotopic (exact) mass is 1140 g/mol. The first-order valence-corrected chi connectivity index (χ1v) is 33.3. The minimum Gasteiger partial charge on any atom is -0.871 e. The van der Waals surface area contributed by atoms with E-state index < -0.39 is 17.0 Å². The summed E-state index contributed by atoms with van der Waals surface area (Å²) in [6, 6.07) is 33.2. The van der Waals surface area contributed by atoms with Crippen molar-refractivity contribution in [3.8, 4) is 42.8 Å². The van der Waals surface area contributed by atoms with Crippen molar-refractivity contribution in [1.29, 1.82) is 0 Å². The summed E-state index contributed by atoms with van der Waals surface area (Å²) in [4.78, 5) is 23.5. The van der Waals surface area contributed by atoms with Gasteiger partial charge in [-0.05, 0) is 122 Å².